The van der Waals surface area contributed by atoms with Gasteiger partial charge < -0.3 is 5.32 Å². The van der Waals surface area contributed by atoms with Gasteiger partial charge in [0.2, 0.25) is 9.84 Å². The minimum atomic E-state index is -4.33. The van der Waals surface area contributed by atoms with E-state index in [1.54, 1.807) is 0 Å². The van der Waals surface area contributed by atoms with E-state index in [1.165, 1.54) is 36.7 Å². The number of carbonyl (C=O) groups is 1. The smallest absolute Gasteiger partial charge is 0.272 e. The van der Waals surface area contributed by atoms with E-state index in [9.17, 15) is 26.4 Å². The summed E-state index contributed by atoms with van der Waals surface area (Å²) in [6.45, 7) is 0. The summed E-state index contributed by atoms with van der Waals surface area (Å²) in [5.74, 6) is -3.46. The van der Waals surface area contributed by atoms with Crippen molar-refractivity contribution in [3.05, 3.63) is 101 Å². The van der Waals surface area contributed by atoms with Gasteiger partial charge in [0.05, 0.1) is 5.69 Å². The van der Waals surface area contributed by atoms with E-state index < -0.39 is 49.2 Å². The summed E-state index contributed by atoms with van der Waals surface area (Å²) < 4.78 is 67.6. The molecule has 31 heavy (non-hydrogen) atoms. The number of nitrogens with one attached hydrogen (secondary N) is 1. The molecule has 2 heterocycles. The van der Waals surface area contributed by atoms with Crippen molar-refractivity contribution < 1.29 is 26.4 Å². The van der Waals surface area contributed by atoms with E-state index in [2.05, 4.69) is 10.3 Å². The zero-order valence-corrected chi connectivity index (χ0v) is 16.5. The van der Waals surface area contributed by atoms with Crippen LogP contribution in [0.1, 0.15) is 10.9 Å². The van der Waals surface area contributed by atoms with Crippen molar-refractivity contribution >= 4 is 27.1 Å². The lowest BCUT2D eigenvalue weighted by Crippen LogP contribution is -2.30. The van der Waals surface area contributed by atoms with Crippen molar-refractivity contribution in [1.29, 1.82) is 0 Å². The number of carbonyl (C=O) groups excluding carboxylic acids is 1. The summed E-state index contributed by atoms with van der Waals surface area (Å²) in [7, 11) is -4.33. The number of hydrogen-bond donors (Lipinski definition) is 1. The molecule has 0 radical (unpaired) electrons. The van der Waals surface area contributed by atoms with Crippen molar-refractivity contribution in [2.75, 3.05) is 10.2 Å². The quantitative estimate of drug-likeness (QED) is 0.616. The third-order valence-electron chi connectivity index (χ3n) is 4.62. The molecule has 3 aromatic rings. The molecule has 2 aromatic carbocycles. The van der Waals surface area contributed by atoms with Gasteiger partial charge >= 0.3 is 0 Å². The normalized spacial score (nSPS) is 19.1. The second-order valence-corrected chi connectivity index (χ2v) is 8.59. The maximum absolute atomic E-state index is 14.5. The van der Waals surface area contributed by atoms with E-state index in [0.717, 1.165) is 35.4 Å². The summed E-state index contributed by atoms with van der Waals surface area (Å²) in [4.78, 5) is 17.1. The molecule has 0 bridgehead atoms. The van der Waals surface area contributed by atoms with Crippen LogP contribution in [0.25, 0.3) is 0 Å². The molecule has 1 unspecified atom stereocenters. The molecule has 0 saturated carbocycles. The van der Waals surface area contributed by atoms with Crippen molar-refractivity contribution in [3.8, 4) is 0 Å². The largest absolute Gasteiger partial charge is 0.360 e. The highest BCUT2D eigenvalue weighted by Gasteiger charge is 2.51. The Kier molecular flexibility index (Phi) is 5.24. The topological polar surface area (TPSA) is 79.4 Å². The van der Waals surface area contributed by atoms with Crippen LogP contribution < -0.4 is 10.2 Å². The van der Waals surface area contributed by atoms with Crippen LogP contribution in [0.3, 0.4) is 0 Å². The van der Waals surface area contributed by atoms with E-state index in [0.29, 0.717) is 11.8 Å². The number of pyridine rings is 1. The average Bonchev–Trinajstić information content (AvgIpc) is 2.93. The highest BCUT2D eigenvalue weighted by Crippen LogP contribution is 2.43. The molecule has 158 valence electrons. The molecule has 1 fully saturated rings. The van der Waals surface area contributed by atoms with Crippen LogP contribution in [-0.2, 0) is 14.6 Å². The fourth-order valence-electron chi connectivity index (χ4n) is 3.21. The number of benzene rings is 2. The summed E-state index contributed by atoms with van der Waals surface area (Å²) in [6, 6.07) is 10.4. The van der Waals surface area contributed by atoms with E-state index >= 15 is 0 Å². The van der Waals surface area contributed by atoms with Crippen LogP contribution in [-0.4, -0.2) is 19.3 Å². The molecule has 1 amide bonds. The Labute approximate surface area is 175 Å². The lowest BCUT2D eigenvalue weighted by atomic mass is 10.2. The van der Waals surface area contributed by atoms with Crippen LogP contribution in [0, 0.1) is 17.5 Å². The minimum absolute atomic E-state index is 0.129. The van der Waals surface area contributed by atoms with Crippen LogP contribution in [0.15, 0.2) is 78.1 Å². The predicted molar refractivity (Wildman–Crippen MR) is 108 cm³/mol. The molecule has 1 N–H and O–H groups in total. The van der Waals surface area contributed by atoms with Crippen molar-refractivity contribution in [2.24, 2.45) is 0 Å². The molecule has 6 nitrogen and oxygen atoms in total. The Bertz CT molecular complexity index is 1280. The maximum atomic E-state index is 14.5. The van der Waals surface area contributed by atoms with Crippen molar-refractivity contribution in [3.63, 3.8) is 0 Å². The number of aromatic nitrogens is 1. The average molecular weight is 445 g/mol. The van der Waals surface area contributed by atoms with E-state index in [4.69, 9.17) is 0 Å². The number of anilines is 2. The van der Waals surface area contributed by atoms with Gasteiger partial charge in [0, 0.05) is 35.9 Å². The fraction of sp³-hybridized carbons (Fsp3) is 0.0476. The van der Waals surface area contributed by atoms with Gasteiger partial charge in [-0.3, -0.25) is 14.7 Å². The Morgan fingerprint density at radius 1 is 1.00 bits per heavy atom. The molecular formula is C21H14F3N3O3S. The number of nitrogens with zero attached hydrogens (tertiary/aromatic N) is 2. The molecule has 10 heteroatoms. The molecule has 4 rings (SSSR count). The van der Waals surface area contributed by atoms with Crippen molar-refractivity contribution in [1.82, 2.24) is 4.98 Å². The first-order chi connectivity index (χ1) is 14.8. The van der Waals surface area contributed by atoms with E-state index in [-0.39, 0.29) is 5.56 Å². The van der Waals surface area contributed by atoms with Crippen LogP contribution >= 0.6 is 0 Å². The van der Waals surface area contributed by atoms with Gasteiger partial charge in [0.15, 0.2) is 10.3 Å². The van der Waals surface area contributed by atoms with Gasteiger partial charge in [-0.15, -0.1) is 0 Å². The molecule has 1 aromatic heterocycles. The number of hydrogen-bond acceptors (Lipinski definition) is 5. The van der Waals surface area contributed by atoms with Gasteiger partial charge in [-0.25, -0.2) is 21.6 Å². The summed E-state index contributed by atoms with van der Waals surface area (Å²) in [5.41, 5.74) is 0.0695. The van der Waals surface area contributed by atoms with Gasteiger partial charge in [-0.2, -0.15) is 0 Å². The van der Waals surface area contributed by atoms with Crippen LogP contribution in [0.4, 0.5) is 24.5 Å². The lowest BCUT2D eigenvalue weighted by Gasteiger charge is -2.23. The summed E-state index contributed by atoms with van der Waals surface area (Å²) >= 11 is 0. The third-order valence-corrected chi connectivity index (χ3v) is 6.59. The predicted octanol–water partition coefficient (Wildman–Crippen LogP) is 3.91. The molecule has 1 aliphatic rings. The highest BCUT2D eigenvalue weighted by atomic mass is 32.2. The summed E-state index contributed by atoms with van der Waals surface area (Å²) in [6.07, 6.45) is 3.64. The number of sulfone groups is 1. The van der Waals surface area contributed by atoms with Gasteiger partial charge in [0.1, 0.15) is 17.5 Å². The molecular weight excluding hydrogens is 431 g/mol. The second kappa shape index (κ2) is 7.88. The number of rotatable bonds is 4. The fourth-order valence-corrected chi connectivity index (χ4v) is 5.00. The van der Waals surface area contributed by atoms with Gasteiger partial charge in [-0.05, 0) is 42.5 Å². The molecule has 0 spiro atoms. The third kappa shape index (κ3) is 3.77. The first-order valence-corrected chi connectivity index (χ1v) is 10.5. The highest BCUT2D eigenvalue weighted by molar-refractivity contribution is 7.97. The maximum Gasteiger partial charge on any atom is 0.272 e. The SMILES string of the molecule is O=C1/C(=C\Nc2ccc(F)cc2)S(=O)(=O)C(c2cccnc2)N1c1ccc(F)cc1F. The first kappa shape index (κ1) is 20.6. The molecule has 1 saturated heterocycles. The van der Waals surface area contributed by atoms with Crippen molar-refractivity contribution in [2.45, 2.75) is 5.37 Å². The molecule has 0 aliphatic carbocycles. The zero-order valence-electron chi connectivity index (χ0n) is 15.7. The second-order valence-electron chi connectivity index (χ2n) is 6.61. The monoisotopic (exact) mass is 445 g/mol. The molecule has 1 aliphatic heterocycles. The Morgan fingerprint density at radius 3 is 2.35 bits per heavy atom. The Morgan fingerprint density at radius 2 is 1.71 bits per heavy atom. The standard InChI is InChI=1S/C21H14F3N3O3S/c22-14-3-6-16(7-4-14)26-12-19-20(28)27(18-8-5-15(23)10-17(18)24)21(31(19,29)30)13-2-1-9-25-11-13/h1-12,21,26H/b19-12+. The van der Waals surface area contributed by atoms with Gasteiger partial charge in [-0.1, -0.05) is 6.07 Å². The lowest BCUT2D eigenvalue weighted by molar-refractivity contribution is -0.114. The Balaban J connectivity index is 1.84. The number of amides is 1. The van der Waals surface area contributed by atoms with E-state index in [1.807, 2.05) is 0 Å². The van der Waals surface area contributed by atoms with Gasteiger partial charge in [0.25, 0.3) is 5.91 Å². The minimum Gasteiger partial charge on any atom is -0.360 e. The first-order valence-electron chi connectivity index (χ1n) is 8.94. The van der Waals surface area contributed by atoms with Crippen LogP contribution in [0.5, 0.6) is 0 Å². The number of halogens is 3. The molecule has 1 atom stereocenters. The Hall–Kier alpha value is -3.66. The zero-order chi connectivity index (χ0) is 22.2. The van der Waals surface area contributed by atoms with Crippen LogP contribution in [0.2, 0.25) is 0 Å². The summed E-state index contributed by atoms with van der Waals surface area (Å²) in [5, 5.41) is 1.04.